The topological polar surface area (TPSA) is 78.9 Å². The predicted octanol–water partition coefficient (Wildman–Crippen LogP) is 2.72. The van der Waals surface area contributed by atoms with Crippen molar-refractivity contribution in [2.45, 2.75) is 47.1 Å². The molecule has 0 saturated carbocycles. The Balaban J connectivity index is 3.40. The fourth-order valence-corrected chi connectivity index (χ4v) is 1.87. The Morgan fingerprint density at radius 3 is 1.91 bits per heavy atom. The standard InChI is InChI=1S/C16H20O6/c1-9(2)14-7-6-13(8-20-10(3)17)15(21-11(4)18)16(14)22-12(5)19/h6-7,9H,8H2,1-5H3. The molecular formula is C16H20O6. The Morgan fingerprint density at radius 2 is 1.45 bits per heavy atom. The second-order valence-corrected chi connectivity index (χ2v) is 5.09. The highest BCUT2D eigenvalue weighted by Crippen LogP contribution is 2.39. The zero-order valence-electron chi connectivity index (χ0n) is 13.4. The molecule has 0 saturated heterocycles. The third-order valence-electron chi connectivity index (χ3n) is 2.77. The molecule has 0 aliphatic heterocycles. The number of esters is 3. The van der Waals surface area contributed by atoms with Crippen molar-refractivity contribution < 1.29 is 28.6 Å². The lowest BCUT2D eigenvalue weighted by atomic mass is 9.99. The molecule has 0 bridgehead atoms. The minimum Gasteiger partial charge on any atom is -0.461 e. The predicted molar refractivity (Wildman–Crippen MR) is 78.6 cm³/mol. The maximum atomic E-state index is 11.4. The SMILES string of the molecule is CC(=O)OCc1ccc(C(C)C)c(OC(C)=O)c1OC(C)=O. The summed E-state index contributed by atoms with van der Waals surface area (Å²) >= 11 is 0. The molecule has 22 heavy (non-hydrogen) atoms. The molecule has 1 rings (SSSR count). The molecule has 0 heterocycles. The van der Waals surface area contributed by atoms with Gasteiger partial charge in [-0.15, -0.1) is 0 Å². The molecule has 1 aromatic rings. The molecule has 0 amide bonds. The quantitative estimate of drug-likeness (QED) is 0.614. The van der Waals surface area contributed by atoms with Crippen LogP contribution in [0.5, 0.6) is 11.5 Å². The van der Waals surface area contributed by atoms with Crippen molar-refractivity contribution in [3.05, 3.63) is 23.3 Å². The van der Waals surface area contributed by atoms with E-state index >= 15 is 0 Å². The molecule has 0 fully saturated rings. The van der Waals surface area contributed by atoms with Crippen molar-refractivity contribution in [1.82, 2.24) is 0 Å². The third-order valence-corrected chi connectivity index (χ3v) is 2.77. The van der Waals surface area contributed by atoms with Crippen molar-refractivity contribution >= 4 is 17.9 Å². The fraction of sp³-hybridized carbons (Fsp3) is 0.438. The van der Waals surface area contributed by atoms with E-state index in [9.17, 15) is 14.4 Å². The van der Waals surface area contributed by atoms with Crippen LogP contribution in [0.25, 0.3) is 0 Å². The number of ether oxygens (including phenoxy) is 3. The average Bonchev–Trinajstić information content (AvgIpc) is 2.37. The molecule has 0 N–H and O–H groups in total. The van der Waals surface area contributed by atoms with E-state index in [2.05, 4.69) is 0 Å². The van der Waals surface area contributed by atoms with Crippen LogP contribution in [0, 0.1) is 0 Å². The largest absolute Gasteiger partial charge is 0.461 e. The van der Waals surface area contributed by atoms with Gasteiger partial charge in [0.2, 0.25) is 0 Å². The smallest absolute Gasteiger partial charge is 0.308 e. The molecule has 0 radical (unpaired) electrons. The molecule has 6 heteroatoms. The van der Waals surface area contributed by atoms with Gasteiger partial charge in [0, 0.05) is 31.9 Å². The Morgan fingerprint density at radius 1 is 0.909 bits per heavy atom. The van der Waals surface area contributed by atoms with Gasteiger partial charge in [0.15, 0.2) is 11.5 Å². The van der Waals surface area contributed by atoms with Crippen molar-refractivity contribution in [3.63, 3.8) is 0 Å². The van der Waals surface area contributed by atoms with Gasteiger partial charge in [-0.3, -0.25) is 14.4 Å². The lowest BCUT2D eigenvalue weighted by Crippen LogP contribution is -2.12. The molecule has 120 valence electrons. The number of rotatable bonds is 5. The highest BCUT2D eigenvalue weighted by molar-refractivity contribution is 5.75. The first kappa shape index (κ1) is 17.7. The molecule has 0 aliphatic rings. The van der Waals surface area contributed by atoms with Crippen molar-refractivity contribution in [3.8, 4) is 11.5 Å². The summed E-state index contributed by atoms with van der Waals surface area (Å²) < 4.78 is 15.4. The van der Waals surface area contributed by atoms with Crippen LogP contribution in [0.4, 0.5) is 0 Å². The highest BCUT2D eigenvalue weighted by atomic mass is 16.6. The van der Waals surface area contributed by atoms with Gasteiger partial charge in [-0.05, 0) is 5.92 Å². The van der Waals surface area contributed by atoms with Crippen LogP contribution < -0.4 is 9.47 Å². The Hall–Kier alpha value is -2.37. The van der Waals surface area contributed by atoms with Crippen LogP contribution in [0.3, 0.4) is 0 Å². The normalized spacial score (nSPS) is 10.3. The van der Waals surface area contributed by atoms with Crippen LogP contribution >= 0.6 is 0 Å². The summed E-state index contributed by atoms with van der Waals surface area (Å²) in [6.07, 6.45) is 0. The summed E-state index contributed by atoms with van der Waals surface area (Å²) in [4.78, 5) is 33.7. The molecular weight excluding hydrogens is 288 g/mol. The van der Waals surface area contributed by atoms with Gasteiger partial charge in [-0.1, -0.05) is 26.0 Å². The van der Waals surface area contributed by atoms with Crippen LogP contribution in [-0.2, 0) is 25.7 Å². The molecule has 0 spiro atoms. The summed E-state index contributed by atoms with van der Waals surface area (Å²) in [7, 11) is 0. The monoisotopic (exact) mass is 308 g/mol. The van der Waals surface area contributed by atoms with Gasteiger partial charge >= 0.3 is 17.9 Å². The minimum atomic E-state index is -0.557. The zero-order chi connectivity index (χ0) is 16.9. The first-order valence-electron chi connectivity index (χ1n) is 6.88. The van der Waals surface area contributed by atoms with Crippen LogP contribution in [0.1, 0.15) is 51.7 Å². The minimum absolute atomic E-state index is 0.0476. The second-order valence-electron chi connectivity index (χ2n) is 5.09. The van der Waals surface area contributed by atoms with Gasteiger partial charge in [-0.25, -0.2) is 0 Å². The summed E-state index contributed by atoms with van der Waals surface area (Å²) in [5.41, 5.74) is 1.17. The van der Waals surface area contributed by atoms with Gasteiger partial charge in [0.1, 0.15) is 6.61 Å². The van der Waals surface area contributed by atoms with Crippen molar-refractivity contribution in [1.29, 1.82) is 0 Å². The summed E-state index contributed by atoms with van der Waals surface area (Å²) in [6, 6.07) is 3.44. The Labute approximate surface area is 129 Å². The summed E-state index contributed by atoms with van der Waals surface area (Å²) in [6.45, 7) is 7.55. The van der Waals surface area contributed by atoms with Crippen LogP contribution in [0.2, 0.25) is 0 Å². The molecule has 1 aromatic carbocycles. The Kier molecular flexibility index (Phi) is 6.10. The van der Waals surface area contributed by atoms with E-state index in [4.69, 9.17) is 14.2 Å². The molecule has 0 aromatic heterocycles. The van der Waals surface area contributed by atoms with E-state index in [1.165, 1.54) is 20.8 Å². The lowest BCUT2D eigenvalue weighted by Gasteiger charge is -2.18. The first-order chi connectivity index (χ1) is 10.2. The summed E-state index contributed by atoms with van der Waals surface area (Å²) in [5, 5.41) is 0. The second kappa shape index (κ2) is 7.59. The number of hydrogen-bond acceptors (Lipinski definition) is 6. The number of hydrogen-bond donors (Lipinski definition) is 0. The number of carbonyl (C=O) groups excluding carboxylic acids is 3. The van der Waals surface area contributed by atoms with E-state index in [1.54, 1.807) is 12.1 Å². The fourth-order valence-electron chi connectivity index (χ4n) is 1.87. The van der Waals surface area contributed by atoms with Crippen LogP contribution in [-0.4, -0.2) is 17.9 Å². The molecule has 0 aliphatic carbocycles. The van der Waals surface area contributed by atoms with Gasteiger partial charge < -0.3 is 14.2 Å². The molecule has 0 atom stereocenters. The maximum absolute atomic E-state index is 11.4. The number of carbonyl (C=O) groups is 3. The van der Waals surface area contributed by atoms with Crippen molar-refractivity contribution in [2.75, 3.05) is 0 Å². The highest BCUT2D eigenvalue weighted by Gasteiger charge is 2.21. The van der Waals surface area contributed by atoms with Crippen molar-refractivity contribution in [2.24, 2.45) is 0 Å². The van der Waals surface area contributed by atoms with Gasteiger partial charge in [0.05, 0.1) is 0 Å². The molecule has 0 unspecified atom stereocenters. The maximum Gasteiger partial charge on any atom is 0.308 e. The van der Waals surface area contributed by atoms with E-state index in [0.29, 0.717) is 5.56 Å². The first-order valence-corrected chi connectivity index (χ1v) is 6.88. The lowest BCUT2D eigenvalue weighted by molar-refractivity contribution is -0.142. The summed E-state index contributed by atoms with van der Waals surface area (Å²) in [5.74, 6) is -1.21. The van der Waals surface area contributed by atoms with E-state index < -0.39 is 17.9 Å². The Bertz CT molecular complexity index is 589. The number of benzene rings is 1. The van der Waals surface area contributed by atoms with E-state index in [-0.39, 0.29) is 24.0 Å². The average molecular weight is 308 g/mol. The van der Waals surface area contributed by atoms with Gasteiger partial charge in [-0.2, -0.15) is 0 Å². The van der Waals surface area contributed by atoms with Crippen LogP contribution in [0.15, 0.2) is 12.1 Å². The van der Waals surface area contributed by atoms with E-state index in [1.807, 2.05) is 13.8 Å². The van der Waals surface area contributed by atoms with E-state index in [0.717, 1.165) is 5.56 Å². The van der Waals surface area contributed by atoms with Gasteiger partial charge in [0.25, 0.3) is 0 Å². The third kappa shape index (κ3) is 4.87. The molecule has 6 nitrogen and oxygen atoms in total. The zero-order valence-corrected chi connectivity index (χ0v) is 13.4.